The molecule has 0 spiro atoms. The fourth-order valence-electron chi connectivity index (χ4n) is 1.68. The van der Waals surface area contributed by atoms with E-state index in [1.54, 1.807) is 10.9 Å². The van der Waals surface area contributed by atoms with Crippen LogP contribution in [0.2, 0.25) is 0 Å². The SMILES string of the molecule is Cn1nccc1CCC(CCOCC(F)F)NN. The zero-order valence-electron chi connectivity index (χ0n) is 10.5. The second-order valence-electron chi connectivity index (χ2n) is 4.10. The highest BCUT2D eigenvalue weighted by atomic mass is 19.3. The van der Waals surface area contributed by atoms with Gasteiger partial charge in [-0.05, 0) is 25.3 Å². The molecular formula is C11H20F2N4O. The number of ether oxygens (including phenoxy) is 1. The summed E-state index contributed by atoms with van der Waals surface area (Å²) in [5.74, 6) is 5.42. The van der Waals surface area contributed by atoms with Crippen molar-refractivity contribution in [3.8, 4) is 0 Å². The largest absolute Gasteiger partial charge is 0.375 e. The number of nitrogens with zero attached hydrogens (tertiary/aromatic N) is 2. The maximum atomic E-state index is 11.8. The van der Waals surface area contributed by atoms with Gasteiger partial charge in [-0.2, -0.15) is 5.10 Å². The normalized spacial score (nSPS) is 13.2. The lowest BCUT2D eigenvalue weighted by Gasteiger charge is -2.15. The van der Waals surface area contributed by atoms with E-state index in [2.05, 4.69) is 10.5 Å². The van der Waals surface area contributed by atoms with Crippen molar-refractivity contribution in [3.63, 3.8) is 0 Å². The van der Waals surface area contributed by atoms with Crippen molar-refractivity contribution in [2.45, 2.75) is 31.7 Å². The summed E-state index contributed by atoms with van der Waals surface area (Å²) >= 11 is 0. The standard InChI is InChI=1S/C11H20F2N4O/c1-17-10(4-6-15-17)3-2-9(16-14)5-7-18-8-11(12)13/h4,6,9,11,16H,2-3,5,7-8,14H2,1H3. The van der Waals surface area contributed by atoms with Gasteiger partial charge < -0.3 is 4.74 Å². The second-order valence-corrected chi connectivity index (χ2v) is 4.10. The summed E-state index contributed by atoms with van der Waals surface area (Å²) in [4.78, 5) is 0. The molecule has 5 nitrogen and oxygen atoms in total. The third-order valence-electron chi connectivity index (χ3n) is 2.76. The average Bonchev–Trinajstić information content (AvgIpc) is 2.74. The van der Waals surface area contributed by atoms with Gasteiger partial charge in [0.1, 0.15) is 6.61 Å². The van der Waals surface area contributed by atoms with E-state index in [1.165, 1.54) is 0 Å². The van der Waals surface area contributed by atoms with Crippen molar-refractivity contribution < 1.29 is 13.5 Å². The summed E-state index contributed by atoms with van der Waals surface area (Å²) < 4.78 is 30.3. The molecule has 1 unspecified atom stereocenters. The Labute approximate surface area is 105 Å². The monoisotopic (exact) mass is 262 g/mol. The predicted molar refractivity (Wildman–Crippen MR) is 64.1 cm³/mol. The number of alkyl halides is 2. The molecule has 1 atom stereocenters. The highest BCUT2D eigenvalue weighted by molar-refractivity contribution is 5.00. The van der Waals surface area contributed by atoms with Crippen LogP contribution in [0, 0.1) is 0 Å². The van der Waals surface area contributed by atoms with Crippen LogP contribution in [0.1, 0.15) is 18.5 Å². The first-order valence-corrected chi connectivity index (χ1v) is 5.92. The summed E-state index contributed by atoms with van der Waals surface area (Å²) in [6, 6.07) is 2.00. The Bertz CT molecular complexity index is 333. The number of hydrazine groups is 1. The molecule has 0 aromatic carbocycles. The molecule has 3 N–H and O–H groups in total. The quantitative estimate of drug-likeness (QED) is 0.393. The zero-order chi connectivity index (χ0) is 13.4. The molecule has 0 amide bonds. The van der Waals surface area contributed by atoms with Crippen molar-refractivity contribution in [1.82, 2.24) is 15.2 Å². The van der Waals surface area contributed by atoms with E-state index in [0.717, 1.165) is 18.5 Å². The van der Waals surface area contributed by atoms with Crippen LogP contribution < -0.4 is 11.3 Å². The van der Waals surface area contributed by atoms with E-state index in [1.807, 2.05) is 13.1 Å². The van der Waals surface area contributed by atoms with Crippen LogP contribution in [0.4, 0.5) is 8.78 Å². The number of aromatic nitrogens is 2. The highest BCUT2D eigenvalue weighted by Gasteiger charge is 2.09. The van der Waals surface area contributed by atoms with Crippen LogP contribution in [0.5, 0.6) is 0 Å². The molecule has 0 aliphatic carbocycles. The van der Waals surface area contributed by atoms with Crippen LogP contribution >= 0.6 is 0 Å². The van der Waals surface area contributed by atoms with Crippen molar-refractivity contribution in [2.24, 2.45) is 12.9 Å². The van der Waals surface area contributed by atoms with E-state index in [4.69, 9.17) is 10.6 Å². The third-order valence-corrected chi connectivity index (χ3v) is 2.76. The Balaban J connectivity index is 2.19. The Hall–Kier alpha value is -1.05. The van der Waals surface area contributed by atoms with Crippen LogP contribution in [-0.4, -0.2) is 35.5 Å². The maximum absolute atomic E-state index is 11.8. The fourth-order valence-corrected chi connectivity index (χ4v) is 1.68. The lowest BCUT2D eigenvalue weighted by atomic mass is 10.1. The Morgan fingerprint density at radius 2 is 2.28 bits per heavy atom. The molecule has 1 heterocycles. The van der Waals surface area contributed by atoms with Gasteiger partial charge in [-0.25, -0.2) is 8.78 Å². The molecule has 0 saturated carbocycles. The van der Waals surface area contributed by atoms with Crippen molar-refractivity contribution in [3.05, 3.63) is 18.0 Å². The van der Waals surface area contributed by atoms with Gasteiger partial charge in [-0.3, -0.25) is 16.0 Å². The third kappa shape index (κ3) is 5.52. The van der Waals surface area contributed by atoms with Crippen molar-refractivity contribution in [1.29, 1.82) is 0 Å². The van der Waals surface area contributed by atoms with Gasteiger partial charge in [0, 0.05) is 31.6 Å². The summed E-state index contributed by atoms with van der Waals surface area (Å²) in [6.07, 6.45) is 1.59. The number of hydrogen-bond acceptors (Lipinski definition) is 4. The zero-order valence-corrected chi connectivity index (χ0v) is 10.5. The molecule has 1 aromatic heterocycles. The summed E-state index contributed by atoms with van der Waals surface area (Å²) in [5, 5.41) is 4.07. The van der Waals surface area contributed by atoms with Gasteiger partial charge in [-0.15, -0.1) is 0 Å². The number of nitrogens with one attached hydrogen (secondary N) is 1. The molecule has 0 bridgehead atoms. The predicted octanol–water partition coefficient (Wildman–Crippen LogP) is 0.856. The molecule has 0 aliphatic heterocycles. The van der Waals surface area contributed by atoms with Crippen LogP contribution in [0.3, 0.4) is 0 Å². The highest BCUT2D eigenvalue weighted by Crippen LogP contribution is 2.06. The molecule has 1 aromatic rings. The van der Waals surface area contributed by atoms with Crippen molar-refractivity contribution in [2.75, 3.05) is 13.2 Å². The molecule has 18 heavy (non-hydrogen) atoms. The first kappa shape index (κ1) is 15.0. The molecule has 0 aliphatic rings. The van der Waals surface area contributed by atoms with E-state index in [-0.39, 0.29) is 12.6 Å². The minimum absolute atomic E-state index is 0.0533. The second kappa shape index (κ2) is 8.12. The lowest BCUT2D eigenvalue weighted by molar-refractivity contribution is 0.0142. The van der Waals surface area contributed by atoms with Gasteiger partial charge in [0.15, 0.2) is 0 Å². The molecule has 104 valence electrons. The Morgan fingerprint density at radius 1 is 1.50 bits per heavy atom. The smallest absolute Gasteiger partial charge is 0.261 e. The topological polar surface area (TPSA) is 65.1 Å². The number of nitrogens with two attached hydrogens (primary N) is 1. The molecule has 1 rings (SSSR count). The lowest BCUT2D eigenvalue weighted by Crippen LogP contribution is -2.36. The fraction of sp³-hybridized carbons (Fsp3) is 0.727. The Kier molecular flexibility index (Phi) is 6.77. The van der Waals surface area contributed by atoms with E-state index in [9.17, 15) is 8.78 Å². The number of aryl methyl sites for hydroxylation is 2. The minimum Gasteiger partial charge on any atom is -0.375 e. The molecule has 0 radical (unpaired) electrons. The van der Waals surface area contributed by atoms with Crippen LogP contribution in [0.25, 0.3) is 0 Å². The van der Waals surface area contributed by atoms with Gasteiger partial charge >= 0.3 is 0 Å². The van der Waals surface area contributed by atoms with E-state index >= 15 is 0 Å². The first-order chi connectivity index (χ1) is 8.63. The first-order valence-electron chi connectivity index (χ1n) is 5.92. The Morgan fingerprint density at radius 3 is 2.83 bits per heavy atom. The van der Waals surface area contributed by atoms with Gasteiger partial charge in [0.05, 0.1) is 0 Å². The molecule has 0 saturated heterocycles. The molecule has 7 heteroatoms. The number of hydrogen-bond donors (Lipinski definition) is 2. The average molecular weight is 262 g/mol. The van der Waals surface area contributed by atoms with Crippen LogP contribution in [-0.2, 0) is 18.2 Å². The summed E-state index contributed by atoms with van der Waals surface area (Å²) in [5.41, 5.74) is 3.79. The van der Waals surface area contributed by atoms with Gasteiger partial charge in [0.2, 0.25) is 0 Å². The summed E-state index contributed by atoms with van der Waals surface area (Å²) in [6.45, 7) is -0.233. The van der Waals surface area contributed by atoms with Crippen LogP contribution in [0.15, 0.2) is 12.3 Å². The van der Waals surface area contributed by atoms with Crippen molar-refractivity contribution >= 4 is 0 Å². The summed E-state index contributed by atoms with van der Waals surface area (Å²) in [7, 11) is 1.88. The molecule has 0 fully saturated rings. The minimum atomic E-state index is -2.41. The van der Waals surface area contributed by atoms with E-state index in [0.29, 0.717) is 6.42 Å². The van der Waals surface area contributed by atoms with Gasteiger partial charge in [0.25, 0.3) is 6.43 Å². The van der Waals surface area contributed by atoms with Gasteiger partial charge in [-0.1, -0.05) is 0 Å². The van der Waals surface area contributed by atoms with E-state index < -0.39 is 13.0 Å². The molecular weight excluding hydrogens is 242 g/mol. The number of rotatable bonds is 9. The number of halogens is 2. The maximum Gasteiger partial charge on any atom is 0.261 e.